The summed E-state index contributed by atoms with van der Waals surface area (Å²) in [6.45, 7) is 15.9. The summed E-state index contributed by atoms with van der Waals surface area (Å²) in [7, 11) is 0. The van der Waals surface area contributed by atoms with Gasteiger partial charge in [0.15, 0.2) is 5.82 Å². The lowest BCUT2D eigenvalue weighted by Crippen LogP contribution is -2.18. The smallest absolute Gasteiger partial charge is 0.306 e. The van der Waals surface area contributed by atoms with Gasteiger partial charge in [-0.2, -0.15) is 5.21 Å². The van der Waals surface area contributed by atoms with Gasteiger partial charge in [0.25, 0.3) is 0 Å². The molecule has 0 radical (unpaired) electrons. The van der Waals surface area contributed by atoms with E-state index in [4.69, 9.17) is 5.11 Å². The van der Waals surface area contributed by atoms with Gasteiger partial charge in [-0.05, 0) is 32.6 Å². The molecule has 0 fully saturated rings. The summed E-state index contributed by atoms with van der Waals surface area (Å²) in [5.74, 6) is -0.141. The monoisotopic (exact) mass is 352 g/mol. The Bertz CT molecular complexity index is 466. The van der Waals surface area contributed by atoms with E-state index in [-0.39, 0.29) is 0 Å². The minimum Gasteiger partial charge on any atom is -0.481 e. The Hall–Kier alpha value is -1.98. The minimum atomic E-state index is -0.779. The largest absolute Gasteiger partial charge is 0.481 e. The van der Waals surface area contributed by atoms with Crippen molar-refractivity contribution in [1.82, 2.24) is 20.6 Å². The van der Waals surface area contributed by atoms with Crippen LogP contribution in [0.1, 0.15) is 73.1 Å². The van der Waals surface area contributed by atoms with E-state index in [2.05, 4.69) is 41.1 Å². The Morgan fingerprint density at radius 2 is 1.92 bits per heavy atom. The second kappa shape index (κ2) is 16.9. The number of rotatable bonds is 9. The van der Waals surface area contributed by atoms with Crippen molar-refractivity contribution in [3.63, 3.8) is 0 Å². The van der Waals surface area contributed by atoms with Crippen LogP contribution in [0.25, 0.3) is 0 Å². The fourth-order valence-electron chi connectivity index (χ4n) is 2.16. The zero-order valence-electron chi connectivity index (χ0n) is 16.7. The highest BCUT2D eigenvalue weighted by molar-refractivity contribution is 5.70. The molecule has 0 amide bonds. The van der Waals surface area contributed by atoms with Gasteiger partial charge in [0, 0.05) is 6.42 Å². The molecule has 6 nitrogen and oxygen atoms in total. The van der Waals surface area contributed by atoms with E-state index in [1.165, 1.54) is 5.57 Å². The molecule has 6 heteroatoms. The number of tetrazole rings is 1. The second-order valence-electron chi connectivity index (χ2n) is 6.02. The molecule has 0 saturated carbocycles. The first-order valence-corrected chi connectivity index (χ1v) is 9.11. The molecular formula is C19H36N4O2. The lowest BCUT2D eigenvalue weighted by atomic mass is 9.92. The lowest BCUT2D eigenvalue weighted by Gasteiger charge is -2.14. The van der Waals surface area contributed by atoms with Crippen LogP contribution in [0.2, 0.25) is 0 Å². The predicted octanol–water partition coefficient (Wildman–Crippen LogP) is 4.82. The van der Waals surface area contributed by atoms with Crippen molar-refractivity contribution in [2.45, 2.75) is 73.6 Å². The van der Waals surface area contributed by atoms with Crippen molar-refractivity contribution in [3.05, 3.63) is 30.1 Å². The van der Waals surface area contributed by atoms with Crippen molar-refractivity contribution in [2.75, 3.05) is 0 Å². The van der Waals surface area contributed by atoms with Crippen molar-refractivity contribution < 1.29 is 9.90 Å². The van der Waals surface area contributed by atoms with Gasteiger partial charge in [-0.3, -0.25) is 4.79 Å². The van der Waals surface area contributed by atoms with Crippen molar-refractivity contribution in [3.8, 4) is 0 Å². The number of hydrogen-bond donors (Lipinski definition) is 2. The summed E-state index contributed by atoms with van der Waals surface area (Å²) < 4.78 is 0. The summed E-state index contributed by atoms with van der Waals surface area (Å²) in [4.78, 5) is 11.1. The molecule has 0 spiro atoms. The van der Waals surface area contributed by atoms with E-state index in [0.29, 0.717) is 24.6 Å². The molecule has 0 bridgehead atoms. The summed E-state index contributed by atoms with van der Waals surface area (Å²) in [6.07, 6.45) is 8.01. The molecule has 25 heavy (non-hydrogen) atoms. The van der Waals surface area contributed by atoms with Gasteiger partial charge in [-0.15, -0.1) is 10.2 Å². The predicted molar refractivity (Wildman–Crippen MR) is 103 cm³/mol. The summed E-state index contributed by atoms with van der Waals surface area (Å²) >= 11 is 0. The first kappa shape index (κ1) is 25.3. The average molecular weight is 353 g/mol. The van der Waals surface area contributed by atoms with Gasteiger partial charge in [0.2, 0.25) is 0 Å². The topological polar surface area (TPSA) is 91.8 Å². The van der Waals surface area contributed by atoms with E-state index in [1.54, 1.807) is 6.08 Å². The highest BCUT2D eigenvalue weighted by atomic mass is 16.4. The quantitative estimate of drug-likeness (QED) is 0.621. The lowest BCUT2D eigenvalue weighted by molar-refractivity contribution is -0.142. The van der Waals surface area contributed by atoms with Crippen LogP contribution < -0.4 is 0 Å². The summed E-state index contributed by atoms with van der Waals surface area (Å²) in [6, 6.07) is 0. The van der Waals surface area contributed by atoms with Crippen LogP contribution in [-0.2, 0) is 11.2 Å². The third-order valence-electron chi connectivity index (χ3n) is 3.41. The maximum absolute atomic E-state index is 11.1. The molecule has 144 valence electrons. The van der Waals surface area contributed by atoms with Crippen LogP contribution >= 0.6 is 0 Å². The highest BCUT2D eigenvalue weighted by Gasteiger charge is 2.20. The number of nitrogens with zero attached hydrogens (tertiary/aromatic N) is 3. The Morgan fingerprint density at radius 1 is 1.28 bits per heavy atom. The van der Waals surface area contributed by atoms with E-state index < -0.39 is 11.9 Å². The van der Waals surface area contributed by atoms with Gasteiger partial charge in [-0.1, -0.05) is 70.1 Å². The Labute approximate surface area is 152 Å². The van der Waals surface area contributed by atoms with Gasteiger partial charge in [0.05, 0.1) is 5.92 Å². The number of carbonyl (C=O) groups is 1. The van der Waals surface area contributed by atoms with Gasteiger partial charge in [0.1, 0.15) is 0 Å². The number of carboxylic acids is 1. The Morgan fingerprint density at radius 3 is 2.28 bits per heavy atom. The molecule has 2 atom stereocenters. The molecule has 2 N–H and O–H groups in total. The van der Waals surface area contributed by atoms with Crippen LogP contribution in [0.3, 0.4) is 0 Å². The zero-order chi connectivity index (χ0) is 19.7. The van der Waals surface area contributed by atoms with Crippen LogP contribution in [0.5, 0.6) is 0 Å². The molecule has 1 heterocycles. The van der Waals surface area contributed by atoms with Crippen molar-refractivity contribution in [2.24, 2.45) is 11.8 Å². The second-order valence-corrected chi connectivity index (χ2v) is 6.02. The zero-order valence-corrected chi connectivity index (χ0v) is 16.7. The molecule has 1 aromatic rings. The number of H-pyrrole nitrogens is 1. The number of nitrogens with one attached hydrogen (secondary N) is 1. The van der Waals surface area contributed by atoms with Gasteiger partial charge in [-0.25, -0.2) is 0 Å². The van der Waals surface area contributed by atoms with Gasteiger partial charge < -0.3 is 5.11 Å². The Balaban J connectivity index is 0. The number of allylic oxidation sites excluding steroid dienone is 3. The Kier molecular flexibility index (Phi) is 17.0. The molecular weight excluding hydrogens is 316 g/mol. The van der Waals surface area contributed by atoms with E-state index in [9.17, 15) is 4.79 Å². The number of aliphatic carboxylic acids is 1. The average Bonchev–Trinajstić information content (AvgIpc) is 3.07. The molecule has 0 aromatic carbocycles. The standard InChI is InChI=1S/C11H20N4O2.C6H10.C2H6/c1-3-4-8(2)5-6-9(11(16)17)7-10-12-14-15-13-10;1-4-5-6(2)3;1-2/h8-9H,3-7H2,1-2H3,(H,16,17)(H,12,13,14,15);4-5H,1H2,2-3H3;1-2H3/t8?,9-;;/m0../s1. The number of aromatic amines is 1. The maximum Gasteiger partial charge on any atom is 0.306 e. The normalized spacial score (nSPS) is 11.8. The number of carboxylic acid groups (broad SMARTS) is 1. The third kappa shape index (κ3) is 15.3. The van der Waals surface area contributed by atoms with E-state index in [1.807, 2.05) is 33.8 Å². The number of aromatic nitrogens is 4. The molecule has 1 aromatic heterocycles. The molecule has 0 saturated heterocycles. The maximum atomic E-state index is 11.1. The first-order chi connectivity index (χ1) is 11.9. The fraction of sp³-hybridized carbons (Fsp3) is 0.684. The van der Waals surface area contributed by atoms with E-state index >= 15 is 0 Å². The molecule has 1 rings (SSSR count). The summed E-state index contributed by atoms with van der Waals surface area (Å²) in [5, 5.41) is 22.5. The highest BCUT2D eigenvalue weighted by Crippen LogP contribution is 2.19. The number of hydrogen-bond acceptors (Lipinski definition) is 4. The minimum absolute atomic E-state index is 0.352. The van der Waals surface area contributed by atoms with Crippen LogP contribution in [0.4, 0.5) is 0 Å². The summed E-state index contributed by atoms with van der Waals surface area (Å²) in [5.41, 5.74) is 1.30. The first-order valence-electron chi connectivity index (χ1n) is 9.11. The third-order valence-corrected chi connectivity index (χ3v) is 3.41. The molecule has 0 aliphatic rings. The van der Waals surface area contributed by atoms with Crippen LogP contribution in [-0.4, -0.2) is 31.7 Å². The van der Waals surface area contributed by atoms with E-state index in [0.717, 1.165) is 19.3 Å². The van der Waals surface area contributed by atoms with Crippen molar-refractivity contribution >= 4 is 5.97 Å². The molecule has 0 aliphatic heterocycles. The molecule has 0 aliphatic carbocycles. The molecule has 1 unspecified atom stereocenters. The SMILES string of the molecule is C=CC=C(C)C.CC.CCCC(C)CC[C@@H](Cc1nn[nH]n1)C(=O)O. The van der Waals surface area contributed by atoms with Gasteiger partial charge >= 0.3 is 5.97 Å². The van der Waals surface area contributed by atoms with Crippen LogP contribution in [0, 0.1) is 11.8 Å². The van der Waals surface area contributed by atoms with Crippen molar-refractivity contribution in [1.29, 1.82) is 0 Å². The van der Waals surface area contributed by atoms with Crippen LogP contribution in [0.15, 0.2) is 24.3 Å². The fourth-order valence-corrected chi connectivity index (χ4v) is 2.16.